The molecule has 1 aromatic carbocycles. The maximum Gasteiger partial charge on any atom is 0.219 e. The normalized spacial score (nSPS) is 10.8. The van der Waals surface area contributed by atoms with Crippen LogP contribution >= 0.6 is 11.8 Å². The van der Waals surface area contributed by atoms with Crippen molar-refractivity contribution >= 4 is 23.5 Å². The molecule has 0 saturated heterocycles. The fraction of sp³-hybridized carbons (Fsp3) is 0.263. The van der Waals surface area contributed by atoms with Crippen molar-refractivity contribution in [1.29, 1.82) is 0 Å². The SMILES string of the molecule is NC(=O)CCn1c(SCCCC(=O)c2ccccc2)nnc1-c1ccco1. The number of ketones is 1. The van der Waals surface area contributed by atoms with Crippen molar-refractivity contribution in [3.05, 3.63) is 54.3 Å². The van der Waals surface area contributed by atoms with Crippen LogP contribution < -0.4 is 5.73 Å². The van der Waals surface area contributed by atoms with E-state index in [2.05, 4.69) is 10.2 Å². The lowest BCUT2D eigenvalue weighted by Gasteiger charge is -2.07. The van der Waals surface area contributed by atoms with E-state index in [1.165, 1.54) is 11.8 Å². The molecule has 2 N–H and O–H groups in total. The first-order chi connectivity index (χ1) is 13.1. The number of amides is 1. The molecule has 0 aliphatic heterocycles. The molecule has 0 spiro atoms. The maximum absolute atomic E-state index is 12.2. The van der Waals surface area contributed by atoms with Gasteiger partial charge in [0.25, 0.3) is 0 Å². The number of furan rings is 1. The molecule has 0 bridgehead atoms. The van der Waals surface area contributed by atoms with Crippen molar-refractivity contribution in [1.82, 2.24) is 14.8 Å². The highest BCUT2D eigenvalue weighted by molar-refractivity contribution is 7.99. The Hall–Kier alpha value is -2.87. The Balaban J connectivity index is 1.60. The lowest BCUT2D eigenvalue weighted by Crippen LogP contribution is -2.15. The number of primary amides is 1. The smallest absolute Gasteiger partial charge is 0.219 e. The summed E-state index contributed by atoms with van der Waals surface area (Å²) in [6.45, 7) is 0.379. The van der Waals surface area contributed by atoms with E-state index in [1.807, 2.05) is 34.9 Å². The lowest BCUT2D eigenvalue weighted by atomic mass is 10.1. The van der Waals surface area contributed by atoms with Crippen molar-refractivity contribution in [2.75, 3.05) is 5.75 Å². The summed E-state index contributed by atoms with van der Waals surface area (Å²) in [5.41, 5.74) is 6.01. The summed E-state index contributed by atoms with van der Waals surface area (Å²) < 4.78 is 7.22. The highest BCUT2D eigenvalue weighted by Gasteiger charge is 2.17. The Labute approximate surface area is 161 Å². The molecule has 0 fully saturated rings. The molecular formula is C19H20N4O3S. The van der Waals surface area contributed by atoms with E-state index >= 15 is 0 Å². The molecule has 0 unspecified atom stereocenters. The van der Waals surface area contributed by atoms with E-state index in [-0.39, 0.29) is 12.2 Å². The van der Waals surface area contributed by atoms with Crippen LogP contribution in [0.15, 0.2) is 58.3 Å². The maximum atomic E-state index is 12.2. The summed E-state index contributed by atoms with van der Waals surface area (Å²) >= 11 is 1.50. The van der Waals surface area contributed by atoms with Crippen molar-refractivity contribution in [3.63, 3.8) is 0 Å². The Morgan fingerprint density at radius 2 is 1.89 bits per heavy atom. The highest BCUT2D eigenvalue weighted by atomic mass is 32.2. The number of Topliss-reactive ketones (excluding diaryl/α,β-unsaturated/α-hetero) is 1. The van der Waals surface area contributed by atoms with Crippen LogP contribution in [-0.2, 0) is 11.3 Å². The highest BCUT2D eigenvalue weighted by Crippen LogP contribution is 2.25. The molecule has 2 heterocycles. The Kier molecular flexibility index (Phi) is 6.43. The first kappa shape index (κ1) is 18.9. The first-order valence-corrected chi connectivity index (χ1v) is 9.60. The monoisotopic (exact) mass is 384 g/mol. The van der Waals surface area contributed by atoms with Gasteiger partial charge in [0.05, 0.1) is 6.26 Å². The molecule has 0 atom stereocenters. The fourth-order valence-electron chi connectivity index (χ4n) is 2.57. The lowest BCUT2D eigenvalue weighted by molar-refractivity contribution is -0.118. The summed E-state index contributed by atoms with van der Waals surface area (Å²) in [5.74, 6) is 1.59. The van der Waals surface area contributed by atoms with Crippen LogP contribution in [0, 0.1) is 0 Å². The van der Waals surface area contributed by atoms with Crippen LogP contribution in [0.5, 0.6) is 0 Å². The second kappa shape index (κ2) is 9.18. The van der Waals surface area contributed by atoms with Crippen LogP contribution in [0.3, 0.4) is 0 Å². The zero-order chi connectivity index (χ0) is 19.1. The third-order valence-electron chi connectivity index (χ3n) is 3.92. The van der Waals surface area contributed by atoms with Crippen LogP contribution in [-0.4, -0.2) is 32.2 Å². The standard InChI is InChI=1S/C19H20N4O3S/c20-17(25)10-11-23-18(16-9-4-12-26-16)21-22-19(23)27-13-5-8-15(24)14-6-2-1-3-7-14/h1-4,6-7,9,12H,5,8,10-11,13H2,(H2,20,25). The molecule has 0 aliphatic carbocycles. The predicted octanol–water partition coefficient (Wildman–Crippen LogP) is 3.17. The zero-order valence-corrected chi connectivity index (χ0v) is 15.5. The molecule has 1 amide bonds. The molecule has 2 aromatic heterocycles. The minimum atomic E-state index is -0.390. The number of carbonyl (C=O) groups is 2. The Morgan fingerprint density at radius 3 is 2.59 bits per heavy atom. The zero-order valence-electron chi connectivity index (χ0n) is 14.7. The predicted molar refractivity (Wildman–Crippen MR) is 102 cm³/mol. The van der Waals surface area contributed by atoms with E-state index in [1.54, 1.807) is 18.4 Å². The summed E-state index contributed by atoms with van der Waals surface area (Å²) in [6, 6.07) is 12.8. The van der Waals surface area contributed by atoms with Gasteiger partial charge in [-0.2, -0.15) is 0 Å². The van der Waals surface area contributed by atoms with Crippen molar-refractivity contribution in [3.8, 4) is 11.6 Å². The third-order valence-corrected chi connectivity index (χ3v) is 4.97. The van der Waals surface area contributed by atoms with E-state index in [0.29, 0.717) is 35.5 Å². The van der Waals surface area contributed by atoms with E-state index in [0.717, 1.165) is 12.0 Å². The summed E-state index contributed by atoms with van der Waals surface area (Å²) in [7, 11) is 0. The van der Waals surface area contributed by atoms with E-state index in [9.17, 15) is 9.59 Å². The topological polar surface area (TPSA) is 104 Å². The van der Waals surface area contributed by atoms with E-state index in [4.69, 9.17) is 10.2 Å². The molecule has 3 aromatic rings. The average molecular weight is 384 g/mol. The van der Waals surface area contributed by atoms with Crippen LogP contribution in [0.25, 0.3) is 11.6 Å². The van der Waals surface area contributed by atoms with Gasteiger partial charge in [-0.15, -0.1) is 10.2 Å². The molecule has 7 nitrogen and oxygen atoms in total. The molecule has 0 aliphatic rings. The largest absolute Gasteiger partial charge is 0.461 e. The average Bonchev–Trinajstić information content (AvgIpc) is 3.33. The molecule has 0 saturated carbocycles. The van der Waals surface area contributed by atoms with Crippen molar-refractivity contribution in [2.24, 2.45) is 5.73 Å². The second-order valence-corrected chi connectivity index (χ2v) is 6.95. The van der Waals surface area contributed by atoms with Crippen molar-refractivity contribution in [2.45, 2.75) is 31.0 Å². The van der Waals surface area contributed by atoms with Gasteiger partial charge in [-0.05, 0) is 18.6 Å². The molecule has 8 heteroatoms. The number of hydrogen-bond donors (Lipinski definition) is 1. The van der Waals surface area contributed by atoms with Crippen LogP contribution in [0.2, 0.25) is 0 Å². The molecule has 140 valence electrons. The third kappa shape index (κ3) is 5.07. The number of nitrogens with zero attached hydrogens (tertiary/aromatic N) is 3. The first-order valence-electron chi connectivity index (χ1n) is 8.61. The van der Waals surface area contributed by atoms with E-state index < -0.39 is 5.91 Å². The summed E-state index contributed by atoms with van der Waals surface area (Å²) in [6.07, 6.45) is 2.94. The van der Waals surface area contributed by atoms with Gasteiger partial charge >= 0.3 is 0 Å². The number of hydrogen-bond acceptors (Lipinski definition) is 6. The second-order valence-electron chi connectivity index (χ2n) is 5.89. The quantitative estimate of drug-likeness (QED) is 0.327. The van der Waals surface area contributed by atoms with Gasteiger partial charge in [-0.3, -0.25) is 14.2 Å². The number of nitrogens with two attached hydrogens (primary N) is 1. The van der Waals surface area contributed by atoms with Gasteiger partial charge in [0.1, 0.15) is 0 Å². The van der Waals surface area contributed by atoms with Gasteiger partial charge in [-0.25, -0.2) is 0 Å². The van der Waals surface area contributed by atoms with Crippen LogP contribution in [0.1, 0.15) is 29.6 Å². The molecule has 27 heavy (non-hydrogen) atoms. The minimum Gasteiger partial charge on any atom is -0.461 e. The van der Waals surface area contributed by atoms with Gasteiger partial charge < -0.3 is 10.2 Å². The number of benzene rings is 1. The number of rotatable bonds is 10. The van der Waals surface area contributed by atoms with Crippen LogP contribution in [0.4, 0.5) is 0 Å². The minimum absolute atomic E-state index is 0.127. The Bertz CT molecular complexity index is 891. The number of aromatic nitrogens is 3. The van der Waals surface area contributed by atoms with Gasteiger partial charge in [0, 0.05) is 30.7 Å². The summed E-state index contributed by atoms with van der Waals surface area (Å²) in [5, 5.41) is 9.06. The Morgan fingerprint density at radius 1 is 1.07 bits per heavy atom. The fourth-order valence-corrected chi connectivity index (χ4v) is 3.48. The number of thioether (sulfide) groups is 1. The summed E-state index contributed by atoms with van der Waals surface area (Å²) in [4.78, 5) is 23.3. The van der Waals surface area contributed by atoms with Gasteiger partial charge in [-0.1, -0.05) is 42.1 Å². The van der Waals surface area contributed by atoms with Gasteiger partial charge in [0.15, 0.2) is 22.5 Å². The molecule has 3 rings (SSSR count). The molecule has 0 radical (unpaired) electrons. The molecular weight excluding hydrogens is 364 g/mol. The van der Waals surface area contributed by atoms with Gasteiger partial charge in [0.2, 0.25) is 5.91 Å². The van der Waals surface area contributed by atoms with Crippen molar-refractivity contribution < 1.29 is 14.0 Å². The number of carbonyl (C=O) groups excluding carboxylic acids is 2.